The fourth-order valence-corrected chi connectivity index (χ4v) is 3.32. The maximum absolute atomic E-state index is 12.8. The molecule has 26 heavy (non-hydrogen) atoms. The van der Waals surface area contributed by atoms with Gasteiger partial charge in [0.25, 0.3) is 5.91 Å². The average Bonchev–Trinajstić information content (AvgIpc) is 3.37. The molecule has 4 rings (SSSR count). The Balaban J connectivity index is 1.44. The van der Waals surface area contributed by atoms with Crippen LogP contribution in [0, 0.1) is 6.92 Å². The van der Waals surface area contributed by atoms with E-state index in [4.69, 9.17) is 10.2 Å². The highest BCUT2D eigenvalue weighted by atomic mass is 16.3. The van der Waals surface area contributed by atoms with Gasteiger partial charge < -0.3 is 15.1 Å². The molecule has 1 aliphatic rings. The number of benzene rings is 1. The number of nitrogens with zero attached hydrogens (tertiary/aromatic N) is 5. The Labute approximate surface area is 150 Å². The summed E-state index contributed by atoms with van der Waals surface area (Å²) in [5.41, 5.74) is 7.92. The van der Waals surface area contributed by atoms with Crippen LogP contribution in [0.3, 0.4) is 0 Å². The van der Waals surface area contributed by atoms with E-state index in [0.717, 1.165) is 17.1 Å². The minimum Gasteiger partial charge on any atom is -0.466 e. The molecular weight excluding hydrogens is 332 g/mol. The Morgan fingerprint density at radius 1 is 1.23 bits per heavy atom. The second kappa shape index (κ2) is 6.72. The van der Waals surface area contributed by atoms with Crippen molar-refractivity contribution in [1.29, 1.82) is 0 Å². The van der Waals surface area contributed by atoms with Gasteiger partial charge >= 0.3 is 0 Å². The number of aromatic nitrogens is 4. The quantitative estimate of drug-likeness (QED) is 0.756. The van der Waals surface area contributed by atoms with Crippen LogP contribution in [0.15, 0.2) is 47.1 Å². The van der Waals surface area contributed by atoms with Crippen LogP contribution in [0.4, 0.5) is 0 Å². The lowest BCUT2D eigenvalue weighted by Crippen LogP contribution is -2.32. The van der Waals surface area contributed by atoms with E-state index in [1.54, 1.807) is 15.9 Å². The summed E-state index contributed by atoms with van der Waals surface area (Å²) in [4.78, 5) is 14.6. The lowest BCUT2D eigenvalue weighted by Gasteiger charge is -2.16. The van der Waals surface area contributed by atoms with Crippen LogP contribution in [0.1, 0.15) is 33.4 Å². The van der Waals surface area contributed by atoms with Gasteiger partial charge in [-0.1, -0.05) is 12.1 Å². The number of carbonyl (C=O) groups is 1. The van der Waals surface area contributed by atoms with Crippen molar-refractivity contribution in [3.8, 4) is 0 Å². The highest BCUT2D eigenvalue weighted by Gasteiger charge is 2.36. The Kier molecular flexibility index (Phi) is 4.26. The molecule has 0 aliphatic carbocycles. The van der Waals surface area contributed by atoms with Crippen molar-refractivity contribution in [2.45, 2.75) is 25.4 Å². The molecule has 1 aliphatic heterocycles. The summed E-state index contributed by atoms with van der Waals surface area (Å²) < 4.78 is 7.33. The summed E-state index contributed by atoms with van der Waals surface area (Å²) in [7, 11) is 0. The van der Waals surface area contributed by atoms with Gasteiger partial charge in [-0.05, 0) is 47.2 Å². The SMILES string of the molecule is Cc1ccc([C@H]2CN(C(=O)c3ccc(Cn4cnnn4)cc3)C[C@@H]2N)o1. The van der Waals surface area contributed by atoms with Crippen molar-refractivity contribution < 1.29 is 9.21 Å². The molecular formula is C18H20N6O2. The predicted octanol–water partition coefficient (Wildman–Crippen LogP) is 1.19. The summed E-state index contributed by atoms with van der Waals surface area (Å²) in [5.74, 6) is 1.73. The first-order valence-corrected chi connectivity index (χ1v) is 8.51. The molecule has 0 saturated carbocycles. The summed E-state index contributed by atoms with van der Waals surface area (Å²) in [6.45, 7) is 3.56. The number of likely N-dealkylation sites (tertiary alicyclic amines) is 1. The highest BCUT2D eigenvalue weighted by Crippen LogP contribution is 2.28. The van der Waals surface area contributed by atoms with Gasteiger partial charge in [0.05, 0.1) is 12.5 Å². The van der Waals surface area contributed by atoms with Crippen LogP contribution in [0.2, 0.25) is 0 Å². The van der Waals surface area contributed by atoms with Crippen LogP contribution >= 0.6 is 0 Å². The van der Waals surface area contributed by atoms with E-state index >= 15 is 0 Å². The summed E-state index contributed by atoms with van der Waals surface area (Å²) in [6.07, 6.45) is 1.56. The smallest absolute Gasteiger partial charge is 0.253 e. The van der Waals surface area contributed by atoms with Crippen molar-refractivity contribution in [2.75, 3.05) is 13.1 Å². The first-order chi connectivity index (χ1) is 12.6. The number of carbonyl (C=O) groups excluding carboxylic acids is 1. The highest BCUT2D eigenvalue weighted by molar-refractivity contribution is 5.94. The average molecular weight is 352 g/mol. The number of hydrogen-bond acceptors (Lipinski definition) is 6. The second-order valence-corrected chi connectivity index (χ2v) is 6.63. The van der Waals surface area contributed by atoms with Crippen LogP contribution in [0.25, 0.3) is 0 Å². The number of rotatable bonds is 4. The van der Waals surface area contributed by atoms with Crippen LogP contribution in [-0.4, -0.2) is 50.1 Å². The lowest BCUT2D eigenvalue weighted by molar-refractivity contribution is 0.0788. The van der Waals surface area contributed by atoms with E-state index in [9.17, 15) is 4.79 Å². The van der Waals surface area contributed by atoms with Crippen LogP contribution < -0.4 is 5.73 Å². The molecule has 2 aromatic heterocycles. The van der Waals surface area contributed by atoms with Crippen molar-refractivity contribution in [1.82, 2.24) is 25.1 Å². The molecule has 2 N–H and O–H groups in total. The van der Waals surface area contributed by atoms with Gasteiger partial charge in [0.15, 0.2) is 0 Å². The van der Waals surface area contributed by atoms with E-state index in [0.29, 0.717) is 25.2 Å². The molecule has 0 bridgehead atoms. The van der Waals surface area contributed by atoms with Gasteiger partial charge in [-0.25, -0.2) is 4.68 Å². The van der Waals surface area contributed by atoms with Crippen molar-refractivity contribution >= 4 is 5.91 Å². The third kappa shape index (κ3) is 3.23. The number of hydrogen-bond donors (Lipinski definition) is 1. The largest absolute Gasteiger partial charge is 0.466 e. The topological polar surface area (TPSA) is 103 Å². The molecule has 1 aromatic carbocycles. The summed E-state index contributed by atoms with van der Waals surface area (Å²) >= 11 is 0. The third-order valence-electron chi connectivity index (χ3n) is 4.72. The molecule has 0 unspecified atom stereocenters. The van der Waals surface area contributed by atoms with Gasteiger partial charge in [-0.15, -0.1) is 5.10 Å². The molecule has 0 spiro atoms. The van der Waals surface area contributed by atoms with E-state index in [1.165, 1.54) is 0 Å². The molecule has 1 saturated heterocycles. The molecule has 134 valence electrons. The summed E-state index contributed by atoms with van der Waals surface area (Å²) in [6, 6.07) is 11.2. The van der Waals surface area contributed by atoms with Gasteiger partial charge in [0.1, 0.15) is 17.8 Å². The third-order valence-corrected chi connectivity index (χ3v) is 4.72. The number of aryl methyl sites for hydroxylation is 1. The standard InChI is InChI=1S/C18H20N6O2/c1-12-2-7-17(26-12)15-9-23(10-16(15)19)18(25)14-5-3-13(4-6-14)8-24-11-20-21-22-24/h2-7,11,15-16H,8-10,19H2,1H3/t15-,16-/m0/s1. The minimum atomic E-state index is -0.122. The number of nitrogens with two attached hydrogens (primary N) is 1. The lowest BCUT2D eigenvalue weighted by atomic mass is 10.0. The van der Waals surface area contributed by atoms with Crippen LogP contribution in [-0.2, 0) is 6.54 Å². The van der Waals surface area contributed by atoms with Crippen molar-refractivity contribution in [3.05, 3.63) is 65.4 Å². The van der Waals surface area contributed by atoms with Crippen LogP contribution in [0.5, 0.6) is 0 Å². The Bertz CT molecular complexity index is 887. The second-order valence-electron chi connectivity index (χ2n) is 6.63. The van der Waals surface area contributed by atoms with Crippen molar-refractivity contribution in [3.63, 3.8) is 0 Å². The molecule has 8 nitrogen and oxygen atoms in total. The zero-order valence-corrected chi connectivity index (χ0v) is 14.4. The molecule has 2 atom stereocenters. The zero-order chi connectivity index (χ0) is 18.1. The monoisotopic (exact) mass is 352 g/mol. The number of furan rings is 1. The van der Waals surface area contributed by atoms with Gasteiger partial charge in [-0.3, -0.25) is 4.79 Å². The molecule has 8 heteroatoms. The van der Waals surface area contributed by atoms with Gasteiger partial charge in [0.2, 0.25) is 0 Å². The molecule has 1 fully saturated rings. The molecule has 3 heterocycles. The first-order valence-electron chi connectivity index (χ1n) is 8.51. The maximum Gasteiger partial charge on any atom is 0.253 e. The zero-order valence-electron chi connectivity index (χ0n) is 14.4. The fourth-order valence-electron chi connectivity index (χ4n) is 3.32. The van der Waals surface area contributed by atoms with Gasteiger partial charge in [-0.2, -0.15) is 0 Å². The first kappa shape index (κ1) is 16.5. The van der Waals surface area contributed by atoms with E-state index in [1.807, 2.05) is 43.3 Å². The van der Waals surface area contributed by atoms with E-state index in [2.05, 4.69) is 15.5 Å². The predicted molar refractivity (Wildman–Crippen MR) is 93.4 cm³/mol. The minimum absolute atomic E-state index is 0.0137. The molecule has 0 radical (unpaired) electrons. The van der Waals surface area contributed by atoms with Gasteiger partial charge in [0, 0.05) is 24.7 Å². The maximum atomic E-state index is 12.8. The normalized spacial score (nSPS) is 19.8. The number of tetrazole rings is 1. The van der Waals surface area contributed by atoms with Crippen molar-refractivity contribution in [2.24, 2.45) is 5.73 Å². The van der Waals surface area contributed by atoms with E-state index in [-0.39, 0.29) is 17.9 Å². The Hall–Kier alpha value is -3.00. The fraction of sp³-hybridized carbons (Fsp3) is 0.333. The van der Waals surface area contributed by atoms with E-state index < -0.39 is 0 Å². The number of amides is 1. The molecule has 3 aromatic rings. The molecule has 1 amide bonds. The summed E-state index contributed by atoms with van der Waals surface area (Å²) in [5, 5.41) is 11.1. The Morgan fingerprint density at radius 3 is 2.69 bits per heavy atom. The Morgan fingerprint density at radius 2 is 2.04 bits per heavy atom.